The molecular formula is C14H18O4. The molecule has 0 aliphatic heterocycles. The van der Waals surface area contributed by atoms with Crippen LogP contribution in [0.15, 0.2) is 49.0 Å². The molecule has 0 fully saturated rings. The second kappa shape index (κ2) is 8.98. The third-order valence-electron chi connectivity index (χ3n) is 1.78. The maximum absolute atomic E-state index is 11.2. The van der Waals surface area contributed by atoms with Gasteiger partial charge in [0.05, 0.1) is 0 Å². The van der Waals surface area contributed by atoms with E-state index in [1.54, 1.807) is 12.2 Å². The predicted octanol–water partition coefficient (Wildman–Crippen LogP) is 3.03. The van der Waals surface area contributed by atoms with Gasteiger partial charge in [-0.15, -0.1) is 0 Å². The highest BCUT2D eigenvalue weighted by molar-refractivity contribution is 5.84. The third-order valence-corrected chi connectivity index (χ3v) is 1.78. The second-order valence-corrected chi connectivity index (χ2v) is 3.20. The molecule has 0 saturated carbocycles. The topological polar surface area (TPSA) is 52.6 Å². The molecule has 0 amide bonds. The first-order valence-corrected chi connectivity index (χ1v) is 5.68. The van der Waals surface area contributed by atoms with Crippen LogP contribution >= 0.6 is 0 Å². The standard InChI is InChI=1S/C14H18O4/c1-5-9-11(17-13(15)7-3)12(10-6-2)18-14(16)8-4/h7-10H,3-6H2,1-2H3. The van der Waals surface area contributed by atoms with Crippen LogP contribution in [-0.4, -0.2) is 11.9 Å². The van der Waals surface area contributed by atoms with Gasteiger partial charge in [-0.25, -0.2) is 9.59 Å². The van der Waals surface area contributed by atoms with Crippen LogP contribution in [0.5, 0.6) is 0 Å². The molecule has 0 aromatic rings. The third kappa shape index (κ3) is 5.84. The van der Waals surface area contributed by atoms with Crippen LogP contribution in [-0.2, 0) is 19.1 Å². The molecule has 0 N–H and O–H groups in total. The first-order chi connectivity index (χ1) is 8.58. The van der Waals surface area contributed by atoms with Crippen LogP contribution in [0.2, 0.25) is 0 Å². The van der Waals surface area contributed by atoms with Crippen molar-refractivity contribution in [3.63, 3.8) is 0 Å². The van der Waals surface area contributed by atoms with Gasteiger partial charge in [-0.2, -0.15) is 0 Å². The van der Waals surface area contributed by atoms with E-state index in [1.165, 1.54) is 0 Å². The quantitative estimate of drug-likeness (QED) is 0.301. The first kappa shape index (κ1) is 15.9. The van der Waals surface area contributed by atoms with Crippen molar-refractivity contribution in [3.05, 3.63) is 49.0 Å². The molecule has 4 heteroatoms. The summed E-state index contributed by atoms with van der Waals surface area (Å²) in [5.74, 6) is -0.795. The van der Waals surface area contributed by atoms with Gasteiger partial charge in [-0.3, -0.25) is 0 Å². The molecule has 0 spiro atoms. The summed E-state index contributed by atoms with van der Waals surface area (Å²) in [6, 6.07) is 0. The minimum absolute atomic E-state index is 0.208. The number of hydrogen-bond acceptors (Lipinski definition) is 4. The molecule has 4 nitrogen and oxygen atoms in total. The number of carbonyl (C=O) groups is 2. The zero-order chi connectivity index (χ0) is 14.0. The van der Waals surface area contributed by atoms with Crippen LogP contribution in [0.3, 0.4) is 0 Å². The molecule has 0 aliphatic rings. The van der Waals surface area contributed by atoms with E-state index in [-0.39, 0.29) is 11.5 Å². The number of rotatable bonds is 7. The van der Waals surface area contributed by atoms with Gasteiger partial charge in [0.1, 0.15) is 0 Å². The number of ether oxygens (including phenoxy) is 2. The van der Waals surface area contributed by atoms with E-state index >= 15 is 0 Å². The van der Waals surface area contributed by atoms with Gasteiger partial charge in [0.25, 0.3) is 0 Å². The van der Waals surface area contributed by atoms with Gasteiger partial charge in [-0.1, -0.05) is 27.0 Å². The average Bonchev–Trinajstić information content (AvgIpc) is 2.37. The lowest BCUT2D eigenvalue weighted by atomic mass is 10.3. The largest absolute Gasteiger partial charge is 0.420 e. The van der Waals surface area contributed by atoms with Crippen molar-refractivity contribution in [2.24, 2.45) is 0 Å². The van der Waals surface area contributed by atoms with E-state index < -0.39 is 11.9 Å². The zero-order valence-electron chi connectivity index (χ0n) is 10.8. The fourth-order valence-corrected chi connectivity index (χ4v) is 1.06. The highest BCUT2D eigenvalue weighted by atomic mass is 16.6. The van der Waals surface area contributed by atoms with Gasteiger partial charge in [-0.05, 0) is 25.0 Å². The lowest BCUT2D eigenvalue weighted by molar-refractivity contribution is -0.138. The van der Waals surface area contributed by atoms with Crippen molar-refractivity contribution in [3.8, 4) is 0 Å². The summed E-state index contributed by atoms with van der Waals surface area (Å²) in [5, 5.41) is 0. The van der Waals surface area contributed by atoms with Crippen LogP contribution in [0.1, 0.15) is 26.7 Å². The summed E-state index contributed by atoms with van der Waals surface area (Å²) in [4.78, 5) is 22.4. The molecule has 0 heterocycles. The smallest absolute Gasteiger partial charge is 0.335 e. The Kier molecular flexibility index (Phi) is 7.94. The average molecular weight is 250 g/mol. The van der Waals surface area contributed by atoms with Crippen LogP contribution in [0, 0.1) is 0 Å². The van der Waals surface area contributed by atoms with Crippen LogP contribution < -0.4 is 0 Å². The van der Waals surface area contributed by atoms with Crippen molar-refractivity contribution < 1.29 is 19.1 Å². The monoisotopic (exact) mass is 250 g/mol. The summed E-state index contributed by atoms with van der Waals surface area (Å²) in [7, 11) is 0. The minimum Gasteiger partial charge on any atom is -0.420 e. The fourth-order valence-electron chi connectivity index (χ4n) is 1.06. The normalized spacial score (nSPS) is 11.7. The van der Waals surface area contributed by atoms with Crippen molar-refractivity contribution in [2.75, 3.05) is 0 Å². The van der Waals surface area contributed by atoms with E-state index in [4.69, 9.17) is 9.47 Å². The highest BCUT2D eigenvalue weighted by Crippen LogP contribution is 2.16. The molecule has 0 saturated heterocycles. The van der Waals surface area contributed by atoms with Gasteiger partial charge in [0.2, 0.25) is 0 Å². The van der Waals surface area contributed by atoms with Gasteiger partial charge < -0.3 is 9.47 Å². The van der Waals surface area contributed by atoms with Crippen molar-refractivity contribution in [2.45, 2.75) is 26.7 Å². The Hall–Kier alpha value is -2.10. The van der Waals surface area contributed by atoms with E-state index in [9.17, 15) is 9.59 Å². The number of hydrogen-bond donors (Lipinski definition) is 0. The Morgan fingerprint density at radius 3 is 1.44 bits per heavy atom. The molecule has 0 aliphatic carbocycles. The number of carbonyl (C=O) groups excluding carboxylic acids is 2. The maximum atomic E-state index is 11.2. The SMILES string of the molecule is C=CC(=O)OC(=CCC)C(=CCC)OC(=O)C=C. The highest BCUT2D eigenvalue weighted by Gasteiger charge is 2.13. The molecule has 0 bridgehead atoms. The van der Waals surface area contributed by atoms with Gasteiger partial charge >= 0.3 is 11.9 Å². The summed E-state index contributed by atoms with van der Waals surface area (Å²) in [5.41, 5.74) is 0. The van der Waals surface area contributed by atoms with Crippen molar-refractivity contribution in [1.82, 2.24) is 0 Å². The lowest BCUT2D eigenvalue weighted by Crippen LogP contribution is -2.08. The van der Waals surface area contributed by atoms with Gasteiger partial charge in [0, 0.05) is 12.2 Å². The molecule has 18 heavy (non-hydrogen) atoms. The molecule has 0 unspecified atom stereocenters. The summed E-state index contributed by atoms with van der Waals surface area (Å²) >= 11 is 0. The van der Waals surface area contributed by atoms with E-state index in [0.29, 0.717) is 12.8 Å². The van der Waals surface area contributed by atoms with E-state index in [2.05, 4.69) is 13.2 Å². The Morgan fingerprint density at radius 2 is 1.22 bits per heavy atom. The van der Waals surface area contributed by atoms with Gasteiger partial charge in [0.15, 0.2) is 11.5 Å². The Labute approximate surface area is 107 Å². The summed E-state index contributed by atoms with van der Waals surface area (Å²) in [6.45, 7) is 10.4. The van der Waals surface area contributed by atoms with E-state index in [0.717, 1.165) is 12.2 Å². The molecular weight excluding hydrogens is 232 g/mol. The summed E-state index contributed by atoms with van der Waals surface area (Å²) in [6.07, 6.45) is 6.65. The van der Waals surface area contributed by atoms with Crippen LogP contribution in [0.4, 0.5) is 0 Å². The van der Waals surface area contributed by atoms with Crippen molar-refractivity contribution in [1.29, 1.82) is 0 Å². The molecule has 0 radical (unpaired) electrons. The minimum atomic E-state index is -0.605. The molecule has 0 aromatic heterocycles. The maximum Gasteiger partial charge on any atom is 0.335 e. The molecule has 0 atom stereocenters. The van der Waals surface area contributed by atoms with E-state index in [1.807, 2.05) is 13.8 Å². The Balaban J connectivity index is 5.12. The Morgan fingerprint density at radius 1 is 0.889 bits per heavy atom. The Bertz CT molecular complexity index is 351. The van der Waals surface area contributed by atoms with Crippen LogP contribution in [0.25, 0.3) is 0 Å². The predicted molar refractivity (Wildman–Crippen MR) is 69.3 cm³/mol. The first-order valence-electron chi connectivity index (χ1n) is 5.68. The molecule has 98 valence electrons. The fraction of sp³-hybridized carbons (Fsp3) is 0.286. The lowest BCUT2D eigenvalue weighted by Gasteiger charge is -2.11. The zero-order valence-corrected chi connectivity index (χ0v) is 10.8. The molecule has 0 rings (SSSR count). The van der Waals surface area contributed by atoms with Crippen molar-refractivity contribution >= 4 is 11.9 Å². The number of allylic oxidation sites excluding steroid dienone is 2. The second-order valence-electron chi connectivity index (χ2n) is 3.20. The number of esters is 2. The molecule has 0 aromatic carbocycles. The summed E-state index contributed by atoms with van der Waals surface area (Å²) < 4.78 is 10.0.